The topological polar surface area (TPSA) is 64.0 Å². The molecule has 0 aliphatic carbocycles. The van der Waals surface area contributed by atoms with Gasteiger partial charge in [-0.1, -0.05) is 36.4 Å². The summed E-state index contributed by atoms with van der Waals surface area (Å²) in [6, 6.07) is 15.4. The highest BCUT2D eigenvalue weighted by Crippen LogP contribution is 2.07. The van der Waals surface area contributed by atoms with Gasteiger partial charge in [0.2, 0.25) is 5.91 Å². The van der Waals surface area contributed by atoms with Crippen LogP contribution in [0, 0.1) is 6.92 Å². The summed E-state index contributed by atoms with van der Waals surface area (Å²) in [6.07, 6.45) is 2.56. The minimum absolute atomic E-state index is 0.0614. The van der Waals surface area contributed by atoms with E-state index in [1.54, 1.807) is 12.1 Å². The predicted octanol–water partition coefficient (Wildman–Crippen LogP) is 2.45. The summed E-state index contributed by atoms with van der Waals surface area (Å²) >= 11 is 0. The van der Waals surface area contributed by atoms with Crippen LogP contribution < -0.4 is 10.9 Å². The molecule has 0 radical (unpaired) electrons. The standard InChI is InChI=1S/C20H21N3O2/c1-15-6-2-3-7-16(15)10-12-21-19(24)11-13-23-14-22-18-9-5-4-8-17(18)20(23)25/h2-9,14H,10-13H2,1H3,(H,21,24). The average molecular weight is 335 g/mol. The molecule has 1 heterocycles. The molecule has 0 aliphatic rings. The van der Waals surface area contributed by atoms with Crippen LogP contribution in [0.3, 0.4) is 0 Å². The van der Waals surface area contributed by atoms with Crippen LogP contribution in [0.1, 0.15) is 17.5 Å². The van der Waals surface area contributed by atoms with Crippen molar-refractivity contribution in [2.45, 2.75) is 26.3 Å². The highest BCUT2D eigenvalue weighted by Gasteiger charge is 2.06. The molecule has 1 aromatic heterocycles. The number of hydrogen-bond acceptors (Lipinski definition) is 3. The van der Waals surface area contributed by atoms with Gasteiger partial charge in [-0.2, -0.15) is 0 Å². The maximum atomic E-state index is 12.4. The molecule has 0 saturated heterocycles. The van der Waals surface area contributed by atoms with E-state index in [-0.39, 0.29) is 17.9 Å². The zero-order valence-electron chi connectivity index (χ0n) is 14.2. The van der Waals surface area contributed by atoms with E-state index < -0.39 is 0 Å². The van der Waals surface area contributed by atoms with Gasteiger partial charge in [-0.15, -0.1) is 0 Å². The van der Waals surface area contributed by atoms with Crippen LogP contribution in [0.2, 0.25) is 0 Å². The van der Waals surface area contributed by atoms with E-state index >= 15 is 0 Å². The van der Waals surface area contributed by atoms with Gasteiger partial charge >= 0.3 is 0 Å². The summed E-state index contributed by atoms with van der Waals surface area (Å²) in [5.74, 6) is -0.0614. The Morgan fingerprint density at radius 3 is 2.72 bits per heavy atom. The maximum absolute atomic E-state index is 12.4. The van der Waals surface area contributed by atoms with Gasteiger partial charge in [0.25, 0.3) is 5.56 Å². The zero-order valence-corrected chi connectivity index (χ0v) is 14.2. The van der Waals surface area contributed by atoms with Gasteiger partial charge in [-0.25, -0.2) is 4.98 Å². The molecule has 0 fully saturated rings. The second kappa shape index (κ2) is 7.75. The zero-order chi connectivity index (χ0) is 17.6. The molecule has 0 unspecified atom stereocenters. The summed E-state index contributed by atoms with van der Waals surface area (Å²) in [5.41, 5.74) is 3.02. The Balaban J connectivity index is 1.53. The first kappa shape index (κ1) is 16.9. The fraction of sp³-hybridized carbons (Fsp3) is 0.250. The van der Waals surface area contributed by atoms with Crippen LogP contribution in [0.15, 0.2) is 59.7 Å². The number of hydrogen-bond donors (Lipinski definition) is 1. The number of para-hydroxylation sites is 1. The molecule has 128 valence electrons. The molecular weight excluding hydrogens is 314 g/mol. The summed E-state index contributed by atoms with van der Waals surface area (Å²) in [7, 11) is 0. The summed E-state index contributed by atoms with van der Waals surface area (Å²) < 4.78 is 1.49. The number of nitrogens with one attached hydrogen (secondary N) is 1. The SMILES string of the molecule is Cc1ccccc1CCNC(=O)CCn1cnc2ccccc2c1=O. The average Bonchev–Trinajstić information content (AvgIpc) is 2.63. The van der Waals surface area contributed by atoms with Gasteiger partial charge in [0.15, 0.2) is 0 Å². The third kappa shape index (κ3) is 4.12. The van der Waals surface area contributed by atoms with Crippen molar-refractivity contribution in [2.24, 2.45) is 0 Å². The molecule has 2 aromatic carbocycles. The Morgan fingerprint density at radius 2 is 1.88 bits per heavy atom. The van der Waals surface area contributed by atoms with Crippen LogP contribution in [0.25, 0.3) is 10.9 Å². The molecule has 0 bridgehead atoms. The smallest absolute Gasteiger partial charge is 0.261 e. The minimum Gasteiger partial charge on any atom is -0.356 e. The highest BCUT2D eigenvalue weighted by molar-refractivity contribution is 5.77. The molecule has 0 spiro atoms. The number of aromatic nitrogens is 2. The van der Waals surface area contributed by atoms with Crippen molar-refractivity contribution in [1.82, 2.24) is 14.9 Å². The summed E-state index contributed by atoms with van der Waals surface area (Å²) in [6.45, 7) is 2.98. The van der Waals surface area contributed by atoms with Crippen molar-refractivity contribution in [3.8, 4) is 0 Å². The van der Waals surface area contributed by atoms with Crippen LogP contribution in [-0.4, -0.2) is 22.0 Å². The van der Waals surface area contributed by atoms with E-state index in [2.05, 4.69) is 29.4 Å². The van der Waals surface area contributed by atoms with Gasteiger partial charge < -0.3 is 5.32 Å². The van der Waals surface area contributed by atoms with Crippen molar-refractivity contribution in [2.75, 3.05) is 6.54 Å². The largest absolute Gasteiger partial charge is 0.356 e. The first-order valence-corrected chi connectivity index (χ1v) is 8.40. The van der Waals surface area contributed by atoms with E-state index in [9.17, 15) is 9.59 Å². The molecule has 0 atom stereocenters. The molecule has 5 nitrogen and oxygen atoms in total. The lowest BCUT2D eigenvalue weighted by atomic mass is 10.1. The lowest BCUT2D eigenvalue weighted by molar-refractivity contribution is -0.121. The first-order valence-electron chi connectivity index (χ1n) is 8.40. The Morgan fingerprint density at radius 1 is 1.12 bits per heavy atom. The molecule has 3 rings (SSSR count). The lowest BCUT2D eigenvalue weighted by Gasteiger charge is -2.09. The van der Waals surface area contributed by atoms with Gasteiger partial charge in [0, 0.05) is 19.5 Å². The van der Waals surface area contributed by atoms with Crippen LogP contribution in [0.5, 0.6) is 0 Å². The second-order valence-corrected chi connectivity index (χ2v) is 6.04. The quantitative estimate of drug-likeness (QED) is 0.752. The number of carbonyl (C=O) groups excluding carboxylic acids is 1. The van der Waals surface area contributed by atoms with E-state index in [1.807, 2.05) is 24.3 Å². The number of benzene rings is 2. The van der Waals surface area contributed by atoms with E-state index in [0.29, 0.717) is 24.0 Å². The number of amides is 1. The van der Waals surface area contributed by atoms with E-state index in [0.717, 1.165) is 6.42 Å². The maximum Gasteiger partial charge on any atom is 0.261 e. The lowest BCUT2D eigenvalue weighted by Crippen LogP contribution is -2.29. The Bertz CT molecular complexity index is 947. The van der Waals surface area contributed by atoms with Crippen LogP contribution in [0.4, 0.5) is 0 Å². The van der Waals surface area contributed by atoms with Crippen LogP contribution in [-0.2, 0) is 17.8 Å². The number of rotatable bonds is 6. The molecule has 0 saturated carbocycles. The first-order chi connectivity index (χ1) is 12.1. The van der Waals surface area contributed by atoms with Gasteiger partial charge in [-0.05, 0) is 36.6 Å². The number of carbonyl (C=O) groups is 1. The number of fused-ring (bicyclic) bond motifs is 1. The minimum atomic E-state index is -0.113. The van der Waals surface area contributed by atoms with Gasteiger partial charge in [0.05, 0.1) is 17.2 Å². The highest BCUT2D eigenvalue weighted by atomic mass is 16.1. The van der Waals surface area contributed by atoms with Crippen molar-refractivity contribution in [3.05, 3.63) is 76.3 Å². The Hall–Kier alpha value is -2.95. The molecule has 3 aromatic rings. The van der Waals surface area contributed by atoms with Crippen LogP contribution >= 0.6 is 0 Å². The summed E-state index contributed by atoms with van der Waals surface area (Å²) in [4.78, 5) is 28.7. The fourth-order valence-electron chi connectivity index (χ4n) is 2.80. The molecular formula is C20H21N3O2. The fourth-order valence-corrected chi connectivity index (χ4v) is 2.80. The molecule has 5 heteroatoms. The number of aryl methyl sites for hydroxylation is 2. The van der Waals surface area contributed by atoms with Crippen molar-refractivity contribution < 1.29 is 4.79 Å². The predicted molar refractivity (Wildman–Crippen MR) is 98.5 cm³/mol. The van der Waals surface area contributed by atoms with E-state index in [4.69, 9.17) is 0 Å². The van der Waals surface area contributed by atoms with Gasteiger partial charge in [-0.3, -0.25) is 14.2 Å². The monoisotopic (exact) mass is 335 g/mol. The Labute approximate surface area is 146 Å². The summed E-state index contributed by atoms with van der Waals surface area (Å²) in [5, 5.41) is 3.48. The van der Waals surface area contributed by atoms with Crippen molar-refractivity contribution in [1.29, 1.82) is 0 Å². The van der Waals surface area contributed by atoms with Crippen molar-refractivity contribution in [3.63, 3.8) is 0 Å². The van der Waals surface area contributed by atoms with Gasteiger partial charge in [0.1, 0.15) is 0 Å². The second-order valence-electron chi connectivity index (χ2n) is 6.04. The molecule has 1 amide bonds. The van der Waals surface area contributed by atoms with E-state index in [1.165, 1.54) is 22.0 Å². The molecule has 1 N–H and O–H groups in total. The third-order valence-corrected chi connectivity index (χ3v) is 4.29. The normalized spacial score (nSPS) is 10.8. The molecule has 25 heavy (non-hydrogen) atoms. The molecule has 0 aliphatic heterocycles. The van der Waals surface area contributed by atoms with Crippen molar-refractivity contribution >= 4 is 16.8 Å². The Kier molecular flexibility index (Phi) is 5.23. The third-order valence-electron chi connectivity index (χ3n) is 4.29. The number of nitrogens with zero attached hydrogens (tertiary/aromatic N) is 2.